The molecule has 2 aromatic carbocycles. The Hall–Kier alpha value is -2.58. The van der Waals surface area contributed by atoms with Gasteiger partial charge in [0.25, 0.3) is 5.91 Å². The molecule has 4 nitrogen and oxygen atoms in total. The first-order valence-corrected chi connectivity index (χ1v) is 7.83. The molecule has 0 fully saturated rings. The van der Waals surface area contributed by atoms with Crippen LogP contribution in [-0.2, 0) is 4.79 Å². The number of nitrogens with zero attached hydrogens (tertiary/aromatic N) is 1. The molecule has 0 saturated heterocycles. The summed E-state index contributed by atoms with van der Waals surface area (Å²) >= 11 is 3.34. The van der Waals surface area contributed by atoms with E-state index in [-0.39, 0.29) is 5.57 Å². The van der Waals surface area contributed by atoms with Crippen LogP contribution < -0.4 is 10.1 Å². The lowest BCUT2D eigenvalue weighted by atomic mass is 10.1. The fraction of sp³-hybridized carbons (Fsp3) is 0.111. The summed E-state index contributed by atoms with van der Waals surface area (Å²) in [5, 5.41) is 11.9. The molecule has 0 atom stereocenters. The molecule has 0 saturated carbocycles. The Bertz CT molecular complexity index is 761. The van der Waals surface area contributed by atoms with Crippen LogP contribution >= 0.6 is 15.9 Å². The Balaban J connectivity index is 2.14. The molecule has 0 aliphatic heterocycles. The summed E-state index contributed by atoms with van der Waals surface area (Å²) in [7, 11) is 0. The van der Waals surface area contributed by atoms with Crippen LogP contribution in [0, 0.1) is 11.3 Å². The van der Waals surface area contributed by atoms with Crippen molar-refractivity contribution < 1.29 is 9.53 Å². The summed E-state index contributed by atoms with van der Waals surface area (Å²) in [5.74, 6) is 0.307. The van der Waals surface area contributed by atoms with Gasteiger partial charge >= 0.3 is 0 Å². The summed E-state index contributed by atoms with van der Waals surface area (Å²) < 4.78 is 6.21. The van der Waals surface area contributed by atoms with Gasteiger partial charge in [-0.25, -0.2) is 0 Å². The third-order valence-corrected chi connectivity index (χ3v) is 3.44. The standard InChI is InChI=1S/C18H15BrN2O2/c1-2-23-17-8-6-13(7-9-17)10-14(12-20)18(22)21-16-5-3-4-15(19)11-16/h3-11H,2H2,1H3,(H,21,22)/b14-10+. The third kappa shape index (κ3) is 4.97. The van der Waals surface area contributed by atoms with E-state index >= 15 is 0 Å². The van der Waals surface area contributed by atoms with Crippen LogP contribution in [0.15, 0.2) is 58.6 Å². The average Bonchev–Trinajstić information content (AvgIpc) is 2.54. The second-order valence-corrected chi connectivity index (χ2v) is 5.55. The smallest absolute Gasteiger partial charge is 0.266 e. The first kappa shape index (κ1) is 16.8. The summed E-state index contributed by atoms with van der Waals surface area (Å²) in [4.78, 5) is 12.2. The van der Waals surface area contributed by atoms with E-state index in [0.29, 0.717) is 12.3 Å². The van der Waals surface area contributed by atoms with E-state index in [1.165, 1.54) is 0 Å². The van der Waals surface area contributed by atoms with Gasteiger partial charge in [-0.15, -0.1) is 0 Å². The predicted octanol–water partition coefficient (Wildman–Crippen LogP) is 4.39. The highest BCUT2D eigenvalue weighted by Gasteiger charge is 2.09. The Labute approximate surface area is 143 Å². The van der Waals surface area contributed by atoms with E-state index in [0.717, 1.165) is 15.8 Å². The zero-order chi connectivity index (χ0) is 16.7. The Morgan fingerprint density at radius 3 is 2.65 bits per heavy atom. The highest BCUT2D eigenvalue weighted by Crippen LogP contribution is 2.18. The number of rotatable bonds is 5. The minimum Gasteiger partial charge on any atom is -0.494 e. The molecule has 0 radical (unpaired) electrons. The van der Waals surface area contributed by atoms with Crippen LogP contribution in [0.5, 0.6) is 5.75 Å². The lowest BCUT2D eigenvalue weighted by Gasteiger charge is -2.05. The van der Waals surface area contributed by atoms with Gasteiger partial charge in [-0.1, -0.05) is 34.1 Å². The monoisotopic (exact) mass is 370 g/mol. The van der Waals surface area contributed by atoms with Crippen molar-refractivity contribution in [2.45, 2.75) is 6.92 Å². The van der Waals surface area contributed by atoms with Crippen LogP contribution in [-0.4, -0.2) is 12.5 Å². The van der Waals surface area contributed by atoms with E-state index in [1.54, 1.807) is 42.5 Å². The first-order chi connectivity index (χ1) is 11.1. The van der Waals surface area contributed by atoms with Crippen molar-refractivity contribution in [3.05, 3.63) is 64.1 Å². The predicted molar refractivity (Wildman–Crippen MR) is 94.0 cm³/mol. The zero-order valence-corrected chi connectivity index (χ0v) is 14.1. The second kappa shape index (κ2) is 8.16. The van der Waals surface area contributed by atoms with Crippen molar-refractivity contribution in [2.24, 2.45) is 0 Å². The number of carbonyl (C=O) groups excluding carboxylic acids is 1. The number of anilines is 1. The quantitative estimate of drug-likeness (QED) is 0.626. The van der Waals surface area contributed by atoms with Crippen LogP contribution in [0.2, 0.25) is 0 Å². The van der Waals surface area contributed by atoms with E-state index < -0.39 is 5.91 Å². The van der Waals surface area contributed by atoms with E-state index in [9.17, 15) is 10.1 Å². The summed E-state index contributed by atoms with van der Waals surface area (Å²) in [5.41, 5.74) is 1.42. The molecule has 23 heavy (non-hydrogen) atoms. The van der Waals surface area contributed by atoms with Gasteiger partial charge in [0.05, 0.1) is 6.61 Å². The largest absolute Gasteiger partial charge is 0.494 e. The molecule has 0 bridgehead atoms. The normalized spacial score (nSPS) is 10.7. The van der Waals surface area contributed by atoms with Crippen molar-refractivity contribution in [3.63, 3.8) is 0 Å². The first-order valence-electron chi connectivity index (χ1n) is 7.04. The van der Waals surface area contributed by atoms with Crippen LogP contribution in [0.3, 0.4) is 0 Å². The van der Waals surface area contributed by atoms with E-state index in [2.05, 4.69) is 21.2 Å². The SMILES string of the molecule is CCOc1ccc(/C=C(\C#N)C(=O)Nc2cccc(Br)c2)cc1. The topological polar surface area (TPSA) is 62.1 Å². The average molecular weight is 371 g/mol. The summed E-state index contributed by atoms with van der Waals surface area (Å²) in [6, 6.07) is 16.3. The van der Waals surface area contributed by atoms with Crippen LogP contribution in [0.25, 0.3) is 6.08 Å². The molecule has 0 aromatic heterocycles. The summed E-state index contributed by atoms with van der Waals surface area (Å²) in [6.07, 6.45) is 1.54. The molecular weight excluding hydrogens is 356 g/mol. The van der Waals surface area contributed by atoms with E-state index in [4.69, 9.17) is 4.74 Å². The van der Waals surface area contributed by atoms with Crippen molar-refractivity contribution in [3.8, 4) is 11.8 Å². The van der Waals surface area contributed by atoms with Gasteiger partial charge < -0.3 is 10.1 Å². The third-order valence-electron chi connectivity index (χ3n) is 2.95. The fourth-order valence-corrected chi connectivity index (χ4v) is 2.31. The number of hydrogen-bond donors (Lipinski definition) is 1. The van der Waals surface area contributed by atoms with Gasteiger partial charge in [0, 0.05) is 10.2 Å². The number of hydrogen-bond acceptors (Lipinski definition) is 3. The molecule has 116 valence electrons. The van der Waals surface area contributed by atoms with Gasteiger partial charge in [0.15, 0.2) is 0 Å². The van der Waals surface area contributed by atoms with Gasteiger partial charge in [-0.2, -0.15) is 5.26 Å². The number of amides is 1. The van der Waals surface area contributed by atoms with Crippen molar-refractivity contribution in [2.75, 3.05) is 11.9 Å². The van der Waals surface area contributed by atoms with Crippen molar-refractivity contribution >= 4 is 33.6 Å². The Kier molecular flexibility index (Phi) is 5.95. The fourth-order valence-electron chi connectivity index (χ4n) is 1.91. The molecule has 2 aromatic rings. The number of carbonyl (C=O) groups is 1. The highest BCUT2D eigenvalue weighted by atomic mass is 79.9. The lowest BCUT2D eigenvalue weighted by molar-refractivity contribution is -0.112. The second-order valence-electron chi connectivity index (χ2n) is 4.64. The number of nitriles is 1. The highest BCUT2D eigenvalue weighted by molar-refractivity contribution is 9.10. The number of ether oxygens (including phenoxy) is 1. The lowest BCUT2D eigenvalue weighted by Crippen LogP contribution is -2.13. The van der Waals surface area contributed by atoms with Gasteiger partial charge in [0.1, 0.15) is 17.4 Å². The Morgan fingerprint density at radius 2 is 2.04 bits per heavy atom. The van der Waals surface area contributed by atoms with Gasteiger partial charge in [0.2, 0.25) is 0 Å². The summed E-state index contributed by atoms with van der Waals surface area (Å²) in [6.45, 7) is 2.50. The number of halogens is 1. The molecule has 1 N–H and O–H groups in total. The van der Waals surface area contributed by atoms with Crippen LogP contribution in [0.4, 0.5) is 5.69 Å². The molecular formula is C18H15BrN2O2. The molecule has 0 heterocycles. The molecule has 5 heteroatoms. The van der Waals surface area contributed by atoms with Crippen molar-refractivity contribution in [1.82, 2.24) is 0 Å². The van der Waals surface area contributed by atoms with Gasteiger partial charge in [-0.3, -0.25) is 4.79 Å². The maximum atomic E-state index is 12.2. The van der Waals surface area contributed by atoms with Gasteiger partial charge in [-0.05, 0) is 48.9 Å². The maximum absolute atomic E-state index is 12.2. The molecule has 0 aliphatic carbocycles. The van der Waals surface area contributed by atoms with Crippen molar-refractivity contribution in [1.29, 1.82) is 5.26 Å². The molecule has 0 unspecified atom stereocenters. The number of nitrogens with one attached hydrogen (secondary N) is 1. The molecule has 0 spiro atoms. The molecule has 1 amide bonds. The number of benzene rings is 2. The van der Waals surface area contributed by atoms with Crippen LogP contribution in [0.1, 0.15) is 12.5 Å². The Morgan fingerprint density at radius 1 is 1.30 bits per heavy atom. The molecule has 2 rings (SSSR count). The maximum Gasteiger partial charge on any atom is 0.266 e. The molecule has 0 aliphatic rings. The van der Waals surface area contributed by atoms with E-state index in [1.807, 2.05) is 25.1 Å². The zero-order valence-electron chi connectivity index (χ0n) is 12.5. The minimum atomic E-state index is -0.445. The minimum absolute atomic E-state index is 0.0362.